The van der Waals surface area contributed by atoms with Crippen molar-refractivity contribution in [2.24, 2.45) is 11.8 Å². The van der Waals surface area contributed by atoms with Gasteiger partial charge in [-0.3, -0.25) is 14.5 Å². The highest BCUT2D eigenvalue weighted by Crippen LogP contribution is 2.22. The molecule has 23 heavy (non-hydrogen) atoms. The SMILES string of the molecule is CC1CCCN(C(=O)CN2CCC(C(=O)N3CCCC3)CC2)C1. The molecule has 0 radical (unpaired) electrons. The van der Waals surface area contributed by atoms with Gasteiger partial charge in [0.25, 0.3) is 0 Å². The average molecular weight is 321 g/mol. The molecule has 0 aromatic carbocycles. The van der Waals surface area contributed by atoms with Gasteiger partial charge in [0.15, 0.2) is 0 Å². The number of hydrogen-bond donors (Lipinski definition) is 0. The summed E-state index contributed by atoms with van der Waals surface area (Å²) in [6.45, 7) is 8.29. The van der Waals surface area contributed by atoms with Gasteiger partial charge in [0.05, 0.1) is 6.54 Å². The van der Waals surface area contributed by atoms with Crippen LogP contribution in [0.3, 0.4) is 0 Å². The number of carbonyl (C=O) groups is 2. The maximum atomic E-state index is 12.4. The van der Waals surface area contributed by atoms with E-state index in [4.69, 9.17) is 0 Å². The predicted octanol–water partition coefficient (Wildman–Crippen LogP) is 1.58. The summed E-state index contributed by atoms with van der Waals surface area (Å²) in [4.78, 5) is 31.2. The van der Waals surface area contributed by atoms with Crippen molar-refractivity contribution in [1.82, 2.24) is 14.7 Å². The third-order valence-electron chi connectivity index (χ3n) is 5.72. The normalized spacial score (nSPS) is 27.4. The Bertz CT molecular complexity index is 426. The van der Waals surface area contributed by atoms with E-state index >= 15 is 0 Å². The molecule has 0 spiro atoms. The zero-order valence-corrected chi connectivity index (χ0v) is 14.5. The summed E-state index contributed by atoms with van der Waals surface area (Å²) in [6.07, 6.45) is 6.53. The Morgan fingerprint density at radius 3 is 2.17 bits per heavy atom. The first-order valence-electron chi connectivity index (χ1n) is 9.42. The molecule has 0 bridgehead atoms. The predicted molar refractivity (Wildman–Crippen MR) is 90.0 cm³/mol. The maximum Gasteiger partial charge on any atom is 0.236 e. The van der Waals surface area contributed by atoms with Crippen molar-refractivity contribution in [3.05, 3.63) is 0 Å². The third-order valence-corrected chi connectivity index (χ3v) is 5.72. The number of hydrogen-bond acceptors (Lipinski definition) is 3. The molecule has 2 amide bonds. The first kappa shape index (κ1) is 16.7. The van der Waals surface area contributed by atoms with Crippen LogP contribution in [0.2, 0.25) is 0 Å². The molecule has 3 rings (SSSR count). The molecule has 0 aromatic rings. The number of rotatable bonds is 3. The van der Waals surface area contributed by atoms with Crippen molar-refractivity contribution in [1.29, 1.82) is 0 Å². The van der Waals surface area contributed by atoms with Crippen molar-refractivity contribution >= 4 is 11.8 Å². The Labute approximate surface area is 140 Å². The fourth-order valence-corrected chi connectivity index (χ4v) is 4.24. The summed E-state index contributed by atoms with van der Waals surface area (Å²) < 4.78 is 0. The minimum Gasteiger partial charge on any atom is -0.342 e. The lowest BCUT2D eigenvalue weighted by Gasteiger charge is -2.36. The Hall–Kier alpha value is -1.10. The van der Waals surface area contributed by atoms with Crippen LogP contribution in [0.25, 0.3) is 0 Å². The number of carbonyl (C=O) groups excluding carboxylic acids is 2. The molecule has 1 atom stereocenters. The van der Waals surface area contributed by atoms with Gasteiger partial charge in [-0.2, -0.15) is 0 Å². The molecule has 5 heteroatoms. The Balaban J connectivity index is 1.42. The van der Waals surface area contributed by atoms with E-state index in [1.165, 1.54) is 6.42 Å². The molecule has 3 aliphatic heterocycles. The monoisotopic (exact) mass is 321 g/mol. The van der Waals surface area contributed by atoms with Crippen LogP contribution in [-0.2, 0) is 9.59 Å². The number of nitrogens with zero attached hydrogens (tertiary/aromatic N) is 3. The standard InChI is InChI=1S/C18H31N3O2/c1-15-5-4-10-21(13-15)17(22)14-19-11-6-16(7-12-19)18(23)20-8-2-3-9-20/h15-16H,2-14H2,1H3. The van der Waals surface area contributed by atoms with E-state index in [-0.39, 0.29) is 11.8 Å². The fourth-order valence-electron chi connectivity index (χ4n) is 4.24. The van der Waals surface area contributed by atoms with Crippen molar-refractivity contribution in [3.8, 4) is 0 Å². The second-order valence-electron chi connectivity index (χ2n) is 7.67. The van der Waals surface area contributed by atoms with Crippen LogP contribution in [0.4, 0.5) is 0 Å². The highest BCUT2D eigenvalue weighted by Gasteiger charge is 2.31. The molecule has 5 nitrogen and oxygen atoms in total. The highest BCUT2D eigenvalue weighted by atomic mass is 16.2. The molecule has 0 aliphatic carbocycles. The average Bonchev–Trinajstić information content (AvgIpc) is 3.09. The molecule has 0 N–H and O–H groups in total. The molecule has 0 aromatic heterocycles. The molecular formula is C18H31N3O2. The lowest BCUT2D eigenvalue weighted by molar-refractivity contribution is -0.137. The Morgan fingerprint density at radius 2 is 1.52 bits per heavy atom. The quantitative estimate of drug-likeness (QED) is 0.793. The van der Waals surface area contributed by atoms with Crippen molar-refractivity contribution < 1.29 is 9.59 Å². The van der Waals surface area contributed by atoms with Crippen LogP contribution >= 0.6 is 0 Å². The minimum absolute atomic E-state index is 0.189. The van der Waals surface area contributed by atoms with Gasteiger partial charge in [0.2, 0.25) is 11.8 Å². The smallest absolute Gasteiger partial charge is 0.236 e. The van der Waals surface area contributed by atoms with Crippen molar-refractivity contribution in [2.45, 2.75) is 45.4 Å². The molecule has 1 unspecified atom stereocenters. The molecule has 130 valence electrons. The maximum absolute atomic E-state index is 12.4. The summed E-state index contributed by atoms with van der Waals surface area (Å²) in [5, 5.41) is 0. The molecule has 3 aliphatic rings. The van der Waals surface area contributed by atoms with Crippen molar-refractivity contribution in [3.63, 3.8) is 0 Å². The summed E-state index contributed by atoms with van der Waals surface area (Å²) >= 11 is 0. The molecule has 3 saturated heterocycles. The van der Waals surface area contributed by atoms with Gasteiger partial charge in [-0.25, -0.2) is 0 Å². The summed E-state index contributed by atoms with van der Waals surface area (Å²) in [7, 11) is 0. The Morgan fingerprint density at radius 1 is 0.870 bits per heavy atom. The van der Waals surface area contributed by atoms with Gasteiger partial charge in [0.1, 0.15) is 0 Å². The lowest BCUT2D eigenvalue weighted by atomic mass is 9.95. The van der Waals surface area contributed by atoms with E-state index in [2.05, 4.69) is 11.8 Å². The zero-order chi connectivity index (χ0) is 16.2. The van der Waals surface area contributed by atoms with Gasteiger partial charge < -0.3 is 9.80 Å². The second kappa shape index (κ2) is 7.65. The molecule has 0 saturated carbocycles. The van der Waals surface area contributed by atoms with Gasteiger partial charge in [-0.1, -0.05) is 6.92 Å². The fraction of sp³-hybridized carbons (Fsp3) is 0.889. The third kappa shape index (κ3) is 4.25. The number of piperidine rings is 2. The van der Waals surface area contributed by atoms with Crippen LogP contribution in [0, 0.1) is 11.8 Å². The summed E-state index contributed by atoms with van der Waals surface area (Å²) in [6, 6.07) is 0. The van der Waals surface area contributed by atoms with Crippen LogP contribution in [0.15, 0.2) is 0 Å². The highest BCUT2D eigenvalue weighted by molar-refractivity contribution is 5.80. The van der Waals surface area contributed by atoms with E-state index in [0.717, 1.165) is 71.4 Å². The van der Waals surface area contributed by atoms with E-state index in [1.54, 1.807) is 0 Å². The van der Waals surface area contributed by atoms with E-state index in [9.17, 15) is 9.59 Å². The van der Waals surface area contributed by atoms with E-state index in [1.807, 2.05) is 9.80 Å². The van der Waals surface area contributed by atoms with Crippen LogP contribution in [0.1, 0.15) is 45.4 Å². The summed E-state index contributed by atoms with van der Waals surface area (Å²) in [5.41, 5.74) is 0. The summed E-state index contributed by atoms with van der Waals surface area (Å²) in [5.74, 6) is 1.46. The van der Waals surface area contributed by atoms with Crippen molar-refractivity contribution in [2.75, 3.05) is 45.8 Å². The molecular weight excluding hydrogens is 290 g/mol. The number of amides is 2. The van der Waals surface area contributed by atoms with E-state index < -0.39 is 0 Å². The van der Waals surface area contributed by atoms with Gasteiger partial charge in [-0.15, -0.1) is 0 Å². The van der Waals surface area contributed by atoms with Gasteiger partial charge in [0, 0.05) is 32.1 Å². The van der Waals surface area contributed by atoms with Gasteiger partial charge >= 0.3 is 0 Å². The number of likely N-dealkylation sites (tertiary alicyclic amines) is 3. The largest absolute Gasteiger partial charge is 0.342 e. The Kier molecular flexibility index (Phi) is 5.57. The lowest BCUT2D eigenvalue weighted by Crippen LogP contribution is -2.47. The van der Waals surface area contributed by atoms with Crippen LogP contribution in [0.5, 0.6) is 0 Å². The molecule has 3 fully saturated rings. The van der Waals surface area contributed by atoms with E-state index in [0.29, 0.717) is 18.4 Å². The van der Waals surface area contributed by atoms with Crippen LogP contribution < -0.4 is 0 Å². The zero-order valence-electron chi connectivity index (χ0n) is 14.5. The van der Waals surface area contributed by atoms with Crippen LogP contribution in [-0.4, -0.2) is 72.3 Å². The first-order valence-corrected chi connectivity index (χ1v) is 9.42. The first-order chi connectivity index (χ1) is 11.1. The molecule has 3 heterocycles. The second-order valence-corrected chi connectivity index (χ2v) is 7.67. The topological polar surface area (TPSA) is 43.9 Å². The van der Waals surface area contributed by atoms with Gasteiger partial charge in [-0.05, 0) is 57.5 Å². The minimum atomic E-state index is 0.189.